The standard InChI is InChI=1S/C66H60BN2S/c1-62(2,3)36-24-26-37(27-25-36)68-51-32-41-38-18-12-15-21-45(38)65(8,9)47(41)30-43(51)58-59-56(40-20-13-16-22-46(40)66(59,10)11)57-44-31-48-49(64(6,7)29-28-63(48,4)5)34-52(44)69-53-33-42-39-19-14-17-23-54(39)70-55(42)35-50(53)67-60(58)61(57)69/h12-27,30-35,68H,28-29H2,1-11H3. The first-order valence-electron chi connectivity index (χ1n) is 25.6. The van der Waals surface area contributed by atoms with Crippen molar-refractivity contribution >= 4 is 82.9 Å². The van der Waals surface area contributed by atoms with E-state index in [4.69, 9.17) is 0 Å². The Bertz CT molecular complexity index is 3970. The van der Waals surface area contributed by atoms with Gasteiger partial charge in [-0.2, -0.15) is 0 Å². The predicted octanol–water partition coefficient (Wildman–Crippen LogP) is 16.8. The smallest absolute Gasteiger partial charge is 0.197 e. The fraction of sp³-hybridized carbons (Fsp3) is 0.273. The number of fused-ring (bicyclic) bond motifs is 16. The van der Waals surface area contributed by atoms with Crippen molar-refractivity contribution in [3.63, 3.8) is 0 Å². The highest BCUT2D eigenvalue weighted by atomic mass is 32.1. The summed E-state index contributed by atoms with van der Waals surface area (Å²) in [4.78, 5) is 0. The molecule has 0 bridgehead atoms. The van der Waals surface area contributed by atoms with Gasteiger partial charge in [-0.05, 0) is 156 Å². The highest BCUT2D eigenvalue weighted by Gasteiger charge is 2.45. The molecule has 1 aliphatic heterocycles. The van der Waals surface area contributed by atoms with Crippen LogP contribution in [0.15, 0.2) is 133 Å². The van der Waals surface area contributed by atoms with Gasteiger partial charge in [0.05, 0.1) is 5.52 Å². The SMILES string of the molecule is CC(C)(C)c1ccc(Nc2cc3c(cc2-c2c4c(c5c6cc7c(cc6n6c5c2[B]c2cc5sc8ccccc8c5cc2-6)C(C)(C)CCC7(C)C)-c2ccccc2C4(C)C)C(C)(C)c2ccccc2-3)cc1. The third-order valence-electron chi connectivity index (χ3n) is 17.8. The zero-order chi connectivity index (χ0) is 48.2. The lowest BCUT2D eigenvalue weighted by Gasteiger charge is -2.42. The molecule has 2 nitrogen and oxygen atoms in total. The van der Waals surface area contributed by atoms with Crippen LogP contribution in [0.1, 0.15) is 128 Å². The summed E-state index contributed by atoms with van der Waals surface area (Å²) in [5, 5.41) is 9.56. The van der Waals surface area contributed by atoms with Crippen LogP contribution in [0.3, 0.4) is 0 Å². The number of rotatable bonds is 3. The number of hydrogen-bond donors (Lipinski definition) is 1. The molecule has 2 aromatic heterocycles. The normalized spacial score (nSPS) is 17.2. The number of nitrogens with zero attached hydrogens (tertiary/aromatic N) is 1. The van der Waals surface area contributed by atoms with Crippen molar-refractivity contribution in [1.29, 1.82) is 0 Å². The number of thiophene rings is 1. The van der Waals surface area contributed by atoms with Gasteiger partial charge < -0.3 is 9.88 Å². The van der Waals surface area contributed by atoms with E-state index in [0.717, 1.165) is 11.4 Å². The Morgan fingerprint density at radius 3 is 1.93 bits per heavy atom. The fourth-order valence-electron chi connectivity index (χ4n) is 13.8. The Kier molecular flexibility index (Phi) is 8.34. The molecule has 70 heavy (non-hydrogen) atoms. The van der Waals surface area contributed by atoms with Gasteiger partial charge in [0.15, 0.2) is 7.28 Å². The van der Waals surface area contributed by atoms with E-state index in [0.29, 0.717) is 0 Å². The minimum Gasteiger partial charge on any atom is -0.355 e. The van der Waals surface area contributed by atoms with Gasteiger partial charge in [0.25, 0.3) is 0 Å². The molecule has 8 aromatic carbocycles. The molecule has 10 aromatic rings. The maximum absolute atomic E-state index is 4.13. The third-order valence-corrected chi connectivity index (χ3v) is 18.9. The summed E-state index contributed by atoms with van der Waals surface area (Å²) in [7, 11) is 2.60. The average molecular weight is 924 g/mol. The van der Waals surface area contributed by atoms with Gasteiger partial charge in [0, 0.05) is 69.9 Å². The van der Waals surface area contributed by atoms with Gasteiger partial charge in [-0.25, -0.2) is 0 Å². The van der Waals surface area contributed by atoms with E-state index in [1.165, 1.54) is 144 Å². The summed E-state index contributed by atoms with van der Waals surface area (Å²) < 4.78 is 5.40. The van der Waals surface area contributed by atoms with Crippen LogP contribution in [0, 0.1) is 0 Å². The van der Waals surface area contributed by atoms with Gasteiger partial charge in [0.2, 0.25) is 0 Å². The topological polar surface area (TPSA) is 17.0 Å². The molecule has 14 rings (SSSR count). The Morgan fingerprint density at radius 2 is 1.20 bits per heavy atom. The first kappa shape index (κ1) is 42.5. The molecular formula is C66H60BN2S. The third kappa shape index (κ3) is 5.58. The first-order valence-corrected chi connectivity index (χ1v) is 26.4. The number of nitrogens with one attached hydrogen (secondary N) is 1. The van der Waals surface area contributed by atoms with Gasteiger partial charge in [-0.1, -0.05) is 160 Å². The number of hydrogen-bond acceptors (Lipinski definition) is 2. The van der Waals surface area contributed by atoms with Crippen LogP contribution < -0.4 is 16.2 Å². The molecule has 3 heterocycles. The van der Waals surface area contributed by atoms with Crippen LogP contribution in [0.4, 0.5) is 11.4 Å². The zero-order valence-electron chi connectivity index (χ0n) is 42.5. The van der Waals surface area contributed by atoms with Crippen molar-refractivity contribution in [1.82, 2.24) is 4.57 Å². The van der Waals surface area contributed by atoms with Crippen LogP contribution in [-0.4, -0.2) is 11.8 Å². The number of anilines is 2. The minimum absolute atomic E-state index is 0.0535. The summed E-state index contributed by atoms with van der Waals surface area (Å²) in [5.41, 5.74) is 26.4. The van der Waals surface area contributed by atoms with Crippen molar-refractivity contribution < 1.29 is 0 Å². The molecule has 3 aliphatic carbocycles. The van der Waals surface area contributed by atoms with Crippen LogP contribution in [-0.2, 0) is 27.1 Å². The highest BCUT2D eigenvalue weighted by Crippen LogP contribution is 2.60. The van der Waals surface area contributed by atoms with Crippen LogP contribution >= 0.6 is 11.3 Å². The Morgan fingerprint density at radius 1 is 0.543 bits per heavy atom. The van der Waals surface area contributed by atoms with Gasteiger partial charge in [0.1, 0.15) is 0 Å². The van der Waals surface area contributed by atoms with Crippen LogP contribution in [0.5, 0.6) is 0 Å². The van der Waals surface area contributed by atoms with Gasteiger partial charge in [-0.15, -0.1) is 11.3 Å². The Balaban J connectivity index is 1.17. The van der Waals surface area contributed by atoms with Crippen molar-refractivity contribution in [2.45, 2.75) is 116 Å². The van der Waals surface area contributed by atoms with Crippen LogP contribution in [0.2, 0.25) is 0 Å². The molecule has 4 aliphatic rings. The van der Waals surface area contributed by atoms with Crippen LogP contribution in [0.25, 0.3) is 81.0 Å². The number of benzene rings is 8. The molecule has 0 atom stereocenters. The van der Waals surface area contributed by atoms with Crippen molar-refractivity contribution in [3.8, 4) is 39.1 Å². The summed E-state index contributed by atoms with van der Waals surface area (Å²) in [5.74, 6) is 0. The van der Waals surface area contributed by atoms with Crippen molar-refractivity contribution in [2.75, 3.05) is 5.32 Å². The summed E-state index contributed by atoms with van der Waals surface area (Å²) in [6.07, 6.45) is 2.35. The molecule has 1 N–H and O–H groups in total. The lowest BCUT2D eigenvalue weighted by Crippen LogP contribution is -2.38. The minimum atomic E-state index is -0.303. The summed E-state index contributed by atoms with van der Waals surface area (Å²) >= 11 is 1.92. The summed E-state index contributed by atoms with van der Waals surface area (Å²) in [6.45, 7) is 26.7. The maximum Gasteiger partial charge on any atom is 0.197 e. The van der Waals surface area contributed by atoms with E-state index in [1.54, 1.807) is 0 Å². The monoisotopic (exact) mass is 923 g/mol. The average Bonchev–Trinajstić information content (AvgIpc) is 4.00. The lowest BCUT2D eigenvalue weighted by molar-refractivity contribution is 0.332. The Labute approximate surface area is 418 Å². The Hall–Kier alpha value is -6.36. The molecule has 0 amide bonds. The van der Waals surface area contributed by atoms with Crippen molar-refractivity contribution in [3.05, 3.63) is 172 Å². The molecular weight excluding hydrogens is 864 g/mol. The van der Waals surface area contributed by atoms with E-state index in [-0.39, 0.29) is 27.1 Å². The lowest BCUT2D eigenvalue weighted by atomic mass is 9.57. The summed E-state index contributed by atoms with van der Waals surface area (Å²) in [6, 6.07) is 52.1. The van der Waals surface area contributed by atoms with E-state index < -0.39 is 0 Å². The number of aromatic nitrogens is 1. The molecule has 0 saturated heterocycles. The predicted molar refractivity (Wildman–Crippen MR) is 303 cm³/mol. The second-order valence-electron chi connectivity index (χ2n) is 24.7. The molecule has 0 saturated carbocycles. The zero-order valence-corrected chi connectivity index (χ0v) is 43.4. The molecule has 1 radical (unpaired) electrons. The van der Waals surface area contributed by atoms with E-state index in [2.05, 4.69) is 227 Å². The fourth-order valence-corrected chi connectivity index (χ4v) is 14.9. The second kappa shape index (κ2) is 13.7. The van der Waals surface area contributed by atoms with Gasteiger partial charge in [-0.3, -0.25) is 0 Å². The maximum atomic E-state index is 4.13. The van der Waals surface area contributed by atoms with E-state index in [9.17, 15) is 0 Å². The quantitative estimate of drug-likeness (QED) is 0.175. The highest BCUT2D eigenvalue weighted by molar-refractivity contribution is 7.26. The van der Waals surface area contributed by atoms with E-state index >= 15 is 0 Å². The van der Waals surface area contributed by atoms with Gasteiger partial charge >= 0.3 is 0 Å². The molecule has 0 fully saturated rings. The van der Waals surface area contributed by atoms with Crippen molar-refractivity contribution in [2.24, 2.45) is 0 Å². The molecule has 343 valence electrons. The second-order valence-corrected chi connectivity index (χ2v) is 25.8. The molecule has 4 heteroatoms. The molecule has 0 unspecified atom stereocenters. The largest absolute Gasteiger partial charge is 0.355 e. The van der Waals surface area contributed by atoms with E-state index in [1.807, 2.05) is 11.3 Å². The first-order chi connectivity index (χ1) is 33.3. The molecule has 0 spiro atoms.